The summed E-state index contributed by atoms with van der Waals surface area (Å²) in [4.78, 5) is 10.9. The van der Waals surface area contributed by atoms with Crippen molar-refractivity contribution in [3.63, 3.8) is 0 Å². The van der Waals surface area contributed by atoms with Gasteiger partial charge in [-0.1, -0.05) is 6.92 Å². The van der Waals surface area contributed by atoms with Crippen LogP contribution in [0.3, 0.4) is 0 Å². The molecule has 1 atom stereocenters. The molecule has 1 rings (SSSR count). The predicted molar refractivity (Wildman–Crippen MR) is 75.9 cm³/mol. The molecule has 0 aromatic heterocycles. The van der Waals surface area contributed by atoms with Gasteiger partial charge in [-0.25, -0.2) is 0 Å². The number of ether oxygens (including phenoxy) is 2. The maximum Gasteiger partial charge on any atom is 0.320 e. The second kappa shape index (κ2) is 6.77. The van der Waals surface area contributed by atoms with Crippen molar-refractivity contribution >= 4 is 21.9 Å². The summed E-state index contributed by atoms with van der Waals surface area (Å²) >= 11 is 3.48. The number of halogens is 1. The molecule has 3 N–H and O–H groups in total. The van der Waals surface area contributed by atoms with Crippen LogP contribution in [0.1, 0.15) is 18.1 Å². The Labute approximate surface area is 120 Å². The number of nitrogens with two attached hydrogens (primary N) is 1. The van der Waals surface area contributed by atoms with E-state index >= 15 is 0 Å². The summed E-state index contributed by atoms with van der Waals surface area (Å²) in [5, 5.41) is 8.91. The molecule has 0 amide bonds. The SMILES string of the molecule is CCc1c(CC(N)C(=O)O)cc(OC)c(OC)c1Br. The first-order chi connectivity index (χ1) is 8.96. The topological polar surface area (TPSA) is 81.8 Å². The average molecular weight is 332 g/mol. The Kier molecular flexibility index (Phi) is 5.62. The normalized spacial score (nSPS) is 12.1. The third-order valence-electron chi connectivity index (χ3n) is 2.92. The van der Waals surface area contributed by atoms with Crippen molar-refractivity contribution in [2.24, 2.45) is 5.73 Å². The van der Waals surface area contributed by atoms with Crippen molar-refractivity contribution in [2.45, 2.75) is 25.8 Å². The van der Waals surface area contributed by atoms with Gasteiger partial charge in [0.1, 0.15) is 6.04 Å². The lowest BCUT2D eigenvalue weighted by Crippen LogP contribution is -2.32. The van der Waals surface area contributed by atoms with Crippen LogP contribution in [-0.2, 0) is 17.6 Å². The van der Waals surface area contributed by atoms with Gasteiger partial charge >= 0.3 is 5.97 Å². The molecular formula is C13H18BrNO4. The van der Waals surface area contributed by atoms with Gasteiger partial charge in [-0.3, -0.25) is 4.79 Å². The number of benzene rings is 1. The molecule has 0 saturated heterocycles. The van der Waals surface area contributed by atoms with Crippen LogP contribution < -0.4 is 15.2 Å². The molecule has 6 heteroatoms. The van der Waals surface area contributed by atoms with E-state index in [1.54, 1.807) is 13.2 Å². The number of aliphatic carboxylic acids is 1. The van der Waals surface area contributed by atoms with Crippen LogP contribution in [0.5, 0.6) is 11.5 Å². The van der Waals surface area contributed by atoms with Gasteiger partial charge in [0, 0.05) is 0 Å². The molecule has 0 fully saturated rings. The lowest BCUT2D eigenvalue weighted by Gasteiger charge is -2.18. The van der Waals surface area contributed by atoms with Crippen LogP contribution in [0.15, 0.2) is 10.5 Å². The number of carboxylic acid groups (broad SMARTS) is 1. The predicted octanol–water partition coefficient (Wildman–Crippen LogP) is 1.98. The molecule has 0 aliphatic heterocycles. The molecule has 0 saturated carbocycles. The zero-order valence-electron chi connectivity index (χ0n) is 11.2. The highest BCUT2D eigenvalue weighted by atomic mass is 79.9. The van der Waals surface area contributed by atoms with Gasteiger partial charge in [0.15, 0.2) is 11.5 Å². The highest BCUT2D eigenvalue weighted by Gasteiger charge is 2.20. The number of rotatable bonds is 6. The van der Waals surface area contributed by atoms with Crippen molar-refractivity contribution in [3.05, 3.63) is 21.7 Å². The van der Waals surface area contributed by atoms with Crippen LogP contribution in [0.25, 0.3) is 0 Å². The minimum atomic E-state index is -1.02. The van der Waals surface area contributed by atoms with Crippen LogP contribution in [0, 0.1) is 0 Å². The van der Waals surface area contributed by atoms with Crippen molar-refractivity contribution in [3.8, 4) is 11.5 Å². The van der Waals surface area contributed by atoms with Gasteiger partial charge < -0.3 is 20.3 Å². The monoisotopic (exact) mass is 331 g/mol. The number of hydrogen-bond acceptors (Lipinski definition) is 4. The third kappa shape index (κ3) is 3.39. The summed E-state index contributed by atoms with van der Waals surface area (Å²) in [6.07, 6.45) is 0.986. The van der Waals surface area contributed by atoms with E-state index in [0.29, 0.717) is 11.5 Å². The molecule has 0 spiro atoms. The molecule has 0 aliphatic rings. The smallest absolute Gasteiger partial charge is 0.320 e. The molecule has 0 heterocycles. The number of methoxy groups -OCH3 is 2. The van der Waals surface area contributed by atoms with E-state index in [-0.39, 0.29) is 6.42 Å². The molecule has 106 valence electrons. The van der Waals surface area contributed by atoms with Gasteiger partial charge in [0.25, 0.3) is 0 Å². The fraction of sp³-hybridized carbons (Fsp3) is 0.462. The Morgan fingerprint density at radius 3 is 2.53 bits per heavy atom. The maximum atomic E-state index is 10.9. The summed E-state index contributed by atoms with van der Waals surface area (Å²) in [7, 11) is 3.10. The Morgan fingerprint density at radius 1 is 1.47 bits per heavy atom. The molecule has 1 aromatic carbocycles. The molecule has 0 radical (unpaired) electrons. The standard InChI is InChI=1S/C13H18BrNO4/c1-4-8-7(5-9(15)13(16)17)6-10(18-2)12(19-3)11(8)14/h6,9H,4-5,15H2,1-3H3,(H,16,17). The van der Waals surface area contributed by atoms with Gasteiger partial charge in [-0.15, -0.1) is 0 Å². The van der Waals surface area contributed by atoms with Crippen molar-refractivity contribution in [1.82, 2.24) is 0 Å². The van der Waals surface area contributed by atoms with E-state index < -0.39 is 12.0 Å². The molecule has 1 unspecified atom stereocenters. The van der Waals surface area contributed by atoms with E-state index in [9.17, 15) is 4.79 Å². The minimum absolute atomic E-state index is 0.247. The highest BCUT2D eigenvalue weighted by Crippen LogP contribution is 2.40. The number of carbonyl (C=O) groups is 1. The number of hydrogen-bond donors (Lipinski definition) is 2. The molecule has 5 nitrogen and oxygen atoms in total. The quantitative estimate of drug-likeness (QED) is 0.832. The first-order valence-electron chi connectivity index (χ1n) is 5.86. The second-order valence-electron chi connectivity index (χ2n) is 4.07. The van der Waals surface area contributed by atoms with Crippen LogP contribution in [0.2, 0.25) is 0 Å². The van der Waals surface area contributed by atoms with Gasteiger partial charge in [-0.05, 0) is 46.0 Å². The van der Waals surface area contributed by atoms with Crippen molar-refractivity contribution in [2.75, 3.05) is 14.2 Å². The minimum Gasteiger partial charge on any atom is -0.493 e. The lowest BCUT2D eigenvalue weighted by molar-refractivity contribution is -0.138. The Balaban J connectivity index is 3.30. The zero-order valence-corrected chi connectivity index (χ0v) is 12.8. The highest BCUT2D eigenvalue weighted by molar-refractivity contribution is 9.10. The molecule has 0 aliphatic carbocycles. The van der Waals surface area contributed by atoms with Crippen molar-refractivity contribution < 1.29 is 19.4 Å². The summed E-state index contributed by atoms with van der Waals surface area (Å²) in [5.74, 6) is 0.138. The fourth-order valence-electron chi connectivity index (χ4n) is 1.93. The van der Waals surface area contributed by atoms with Crippen LogP contribution >= 0.6 is 15.9 Å². The first-order valence-corrected chi connectivity index (χ1v) is 6.66. The van der Waals surface area contributed by atoms with Gasteiger partial charge in [0.05, 0.1) is 18.7 Å². The van der Waals surface area contributed by atoms with E-state index in [1.807, 2.05) is 6.92 Å². The van der Waals surface area contributed by atoms with Gasteiger partial charge in [0.2, 0.25) is 0 Å². The van der Waals surface area contributed by atoms with Crippen molar-refractivity contribution in [1.29, 1.82) is 0 Å². The summed E-state index contributed by atoms with van der Waals surface area (Å²) in [6, 6.07) is 0.848. The second-order valence-corrected chi connectivity index (χ2v) is 4.86. The Morgan fingerprint density at radius 2 is 2.11 bits per heavy atom. The Hall–Kier alpha value is -1.27. The van der Waals surface area contributed by atoms with E-state index in [2.05, 4.69) is 15.9 Å². The maximum absolute atomic E-state index is 10.9. The Bertz CT molecular complexity index is 476. The average Bonchev–Trinajstić information content (AvgIpc) is 2.38. The first kappa shape index (κ1) is 15.8. The third-order valence-corrected chi connectivity index (χ3v) is 3.75. The summed E-state index contributed by atoms with van der Waals surface area (Å²) in [6.45, 7) is 1.99. The molecular weight excluding hydrogens is 314 g/mol. The lowest BCUT2D eigenvalue weighted by atomic mass is 9.98. The zero-order chi connectivity index (χ0) is 14.6. The summed E-state index contributed by atoms with van der Waals surface area (Å²) < 4.78 is 11.3. The van der Waals surface area contributed by atoms with Crippen LogP contribution in [0.4, 0.5) is 0 Å². The molecule has 19 heavy (non-hydrogen) atoms. The largest absolute Gasteiger partial charge is 0.493 e. The number of carboxylic acids is 1. The molecule has 1 aromatic rings. The fourth-order valence-corrected chi connectivity index (χ4v) is 2.82. The van der Waals surface area contributed by atoms with E-state index in [0.717, 1.165) is 22.0 Å². The van der Waals surface area contributed by atoms with Gasteiger partial charge in [-0.2, -0.15) is 0 Å². The van der Waals surface area contributed by atoms with E-state index in [4.69, 9.17) is 20.3 Å². The molecule has 0 bridgehead atoms. The van der Waals surface area contributed by atoms with Crippen LogP contribution in [-0.4, -0.2) is 31.3 Å². The summed E-state index contributed by atoms with van der Waals surface area (Å²) in [5.41, 5.74) is 7.43. The van der Waals surface area contributed by atoms with E-state index in [1.165, 1.54) is 7.11 Å².